The maximum absolute atomic E-state index is 11.3. The van der Waals surface area contributed by atoms with Gasteiger partial charge < -0.3 is 15.2 Å². The summed E-state index contributed by atoms with van der Waals surface area (Å²) in [6.07, 6.45) is 2.38. The molecule has 0 saturated carbocycles. The van der Waals surface area contributed by atoms with Crippen LogP contribution in [0.25, 0.3) is 0 Å². The van der Waals surface area contributed by atoms with Crippen molar-refractivity contribution in [1.82, 2.24) is 0 Å². The molecule has 0 aromatic carbocycles. The van der Waals surface area contributed by atoms with Crippen LogP contribution in [-0.4, -0.2) is 31.8 Å². The van der Waals surface area contributed by atoms with Crippen molar-refractivity contribution in [3.63, 3.8) is 0 Å². The average Bonchev–Trinajstić information content (AvgIpc) is 2.20. The molecule has 4 heteroatoms. The molecule has 17 heavy (non-hydrogen) atoms. The summed E-state index contributed by atoms with van der Waals surface area (Å²) in [7, 11) is 1.35. The summed E-state index contributed by atoms with van der Waals surface area (Å²) in [5.74, 6) is -0.368. The van der Waals surface area contributed by atoms with Gasteiger partial charge in [0.2, 0.25) is 0 Å². The second-order valence-electron chi connectivity index (χ2n) is 5.94. The largest absolute Gasteiger partial charge is 0.468 e. The van der Waals surface area contributed by atoms with Gasteiger partial charge in [-0.3, -0.25) is 4.79 Å². The van der Waals surface area contributed by atoms with E-state index in [0.29, 0.717) is 18.4 Å². The molecule has 0 saturated heterocycles. The van der Waals surface area contributed by atoms with E-state index in [1.54, 1.807) is 6.92 Å². The molecule has 1 atom stereocenters. The zero-order valence-electron chi connectivity index (χ0n) is 11.8. The van der Waals surface area contributed by atoms with Crippen LogP contribution in [0.15, 0.2) is 0 Å². The summed E-state index contributed by atoms with van der Waals surface area (Å²) in [4.78, 5) is 11.3. The fraction of sp³-hybridized carbons (Fsp3) is 0.923. The smallest absolute Gasteiger partial charge is 0.325 e. The Kier molecular flexibility index (Phi) is 6.72. The van der Waals surface area contributed by atoms with Crippen LogP contribution in [0.5, 0.6) is 0 Å². The van der Waals surface area contributed by atoms with E-state index < -0.39 is 5.54 Å². The third-order valence-electron chi connectivity index (χ3n) is 2.63. The van der Waals surface area contributed by atoms with Crippen molar-refractivity contribution >= 4 is 5.97 Å². The van der Waals surface area contributed by atoms with E-state index in [9.17, 15) is 4.79 Å². The molecule has 0 fully saturated rings. The van der Waals surface area contributed by atoms with Crippen LogP contribution in [0, 0.1) is 5.41 Å². The Balaban J connectivity index is 3.62. The summed E-state index contributed by atoms with van der Waals surface area (Å²) in [5.41, 5.74) is 5.22. The quantitative estimate of drug-likeness (QED) is 0.551. The maximum atomic E-state index is 11.3. The van der Waals surface area contributed by atoms with Gasteiger partial charge in [-0.15, -0.1) is 0 Å². The summed E-state index contributed by atoms with van der Waals surface area (Å²) in [5, 5.41) is 0. The van der Waals surface area contributed by atoms with Crippen molar-refractivity contribution < 1.29 is 14.3 Å². The zero-order chi connectivity index (χ0) is 13.5. The van der Waals surface area contributed by atoms with E-state index in [-0.39, 0.29) is 5.97 Å². The van der Waals surface area contributed by atoms with Crippen LogP contribution in [0.2, 0.25) is 0 Å². The minimum atomic E-state index is -0.901. The van der Waals surface area contributed by atoms with Gasteiger partial charge in [-0.25, -0.2) is 0 Å². The molecule has 1 unspecified atom stereocenters. The van der Waals surface area contributed by atoms with Crippen molar-refractivity contribution in [2.24, 2.45) is 11.1 Å². The van der Waals surface area contributed by atoms with Crippen LogP contribution in [0.3, 0.4) is 0 Å². The molecule has 0 aromatic rings. The van der Waals surface area contributed by atoms with Crippen molar-refractivity contribution in [3.8, 4) is 0 Å². The van der Waals surface area contributed by atoms with Gasteiger partial charge in [-0.1, -0.05) is 20.8 Å². The number of nitrogens with two attached hydrogens (primary N) is 1. The Morgan fingerprint density at radius 3 is 2.18 bits per heavy atom. The predicted molar refractivity (Wildman–Crippen MR) is 68.7 cm³/mol. The molecule has 0 aliphatic carbocycles. The van der Waals surface area contributed by atoms with Crippen LogP contribution >= 0.6 is 0 Å². The third-order valence-corrected chi connectivity index (χ3v) is 2.63. The third kappa shape index (κ3) is 8.16. The lowest BCUT2D eigenvalue weighted by Crippen LogP contribution is -2.45. The highest BCUT2D eigenvalue weighted by atomic mass is 16.5. The van der Waals surface area contributed by atoms with Gasteiger partial charge in [0.05, 0.1) is 7.11 Å². The SMILES string of the molecule is COC(=O)C(C)(N)CCCOCCC(C)(C)C. The van der Waals surface area contributed by atoms with E-state index >= 15 is 0 Å². The van der Waals surface area contributed by atoms with E-state index in [0.717, 1.165) is 19.4 Å². The average molecular weight is 245 g/mol. The highest BCUT2D eigenvalue weighted by Crippen LogP contribution is 2.18. The molecule has 0 spiro atoms. The number of rotatable bonds is 7. The highest BCUT2D eigenvalue weighted by Gasteiger charge is 2.28. The number of carbonyl (C=O) groups excluding carboxylic acids is 1. The molecule has 0 aliphatic rings. The second kappa shape index (κ2) is 6.97. The lowest BCUT2D eigenvalue weighted by molar-refractivity contribution is -0.146. The molecule has 0 bridgehead atoms. The van der Waals surface area contributed by atoms with E-state index in [2.05, 4.69) is 25.5 Å². The number of hydrogen-bond donors (Lipinski definition) is 1. The fourth-order valence-electron chi connectivity index (χ4n) is 1.36. The molecule has 0 amide bonds. The van der Waals surface area contributed by atoms with Crippen molar-refractivity contribution in [2.45, 2.75) is 52.5 Å². The molecule has 0 aliphatic heterocycles. The van der Waals surface area contributed by atoms with Gasteiger partial charge >= 0.3 is 5.97 Å². The van der Waals surface area contributed by atoms with E-state index in [1.807, 2.05) is 0 Å². The minimum absolute atomic E-state index is 0.300. The molecule has 0 heterocycles. The first kappa shape index (κ1) is 16.4. The topological polar surface area (TPSA) is 61.5 Å². The molecular formula is C13H27NO3. The molecule has 0 aromatic heterocycles. The first-order chi connectivity index (χ1) is 7.69. The Bertz CT molecular complexity index is 231. The van der Waals surface area contributed by atoms with Crippen molar-refractivity contribution in [3.05, 3.63) is 0 Å². The second-order valence-corrected chi connectivity index (χ2v) is 5.94. The molecule has 102 valence electrons. The Morgan fingerprint density at radius 1 is 1.12 bits per heavy atom. The van der Waals surface area contributed by atoms with Gasteiger partial charge in [0.25, 0.3) is 0 Å². The van der Waals surface area contributed by atoms with Crippen LogP contribution < -0.4 is 5.73 Å². The minimum Gasteiger partial charge on any atom is -0.468 e. The van der Waals surface area contributed by atoms with E-state index in [4.69, 9.17) is 10.5 Å². The maximum Gasteiger partial charge on any atom is 0.325 e. The Labute approximate surface area is 105 Å². The summed E-state index contributed by atoms with van der Waals surface area (Å²) < 4.78 is 10.1. The lowest BCUT2D eigenvalue weighted by Gasteiger charge is -2.21. The number of carbonyl (C=O) groups is 1. The van der Waals surface area contributed by atoms with Crippen molar-refractivity contribution in [2.75, 3.05) is 20.3 Å². The number of hydrogen-bond acceptors (Lipinski definition) is 4. The molecule has 4 nitrogen and oxygen atoms in total. The number of methoxy groups -OCH3 is 1. The van der Waals surface area contributed by atoms with Crippen LogP contribution in [-0.2, 0) is 14.3 Å². The standard InChI is InChI=1S/C13H27NO3/c1-12(2,3)8-10-17-9-6-7-13(4,14)11(15)16-5/h6-10,14H2,1-5H3. The Hall–Kier alpha value is -0.610. The predicted octanol–water partition coefficient (Wildman–Crippen LogP) is 2.11. The summed E-state index contributed by atoms with van der Waals surface area (Å²) in [6, 6.07) is 0. The molecule has 0 radical (unpaired) electrons. The van der Waals surface area contributed by atoms with E-state index in [1.165, 1.54) is 7.11 Å². The molecular weight excluding hydrogens is 218 g/mol. The monoisotopic (exact) mass is 245 g/mol. The molecule has 2 N–H and O–H groups in total. The van der Waals surface area contributed by atoms with Gasteiger partial charge in [-0.2, -0.15) is 0 Å². The normalized spacial score (nSPS) is 15.4. The first-order valence-electron chi connectivity index (χ1n) is 6.14. The van der Waals surface area contributed by atoms with Crippen LogP contribution in [0.1, 0.15) is 47.0 Å². The molecule has 0 rings (SSSR count). The van der Waals surface area contributed by atoms with Gasteiger partial charge in [0.1, 0.15) is 5.54 Å². The number of esters is 1. The summed E-state index contributed by atoms with van der Waals surface area (Å²) in [6.45, 7) is 9.64. The van der Waals surface area contributed by atoms with Crippen molar-refractivity contribution in [1.29, 1.82) is 0 Å². The van der Waals surface area contributed by atoms with Crippen LogP contribution in [0.4, 0.5) is 0 Å². The van der Waals surface area contributed by atoms with Gasteiger partial charge in [-0.05, 0) is 31.6 Å². The Morgan fingerprint density at radius 2 is 1.71 bits per heavy atom. The first-order valence-corrected chi connectivity index (χ1v) is 6.14. The summed E-state index contributed by atoms with van der Waals surface area (Å²) >= 11 is 0. The fourth-order valence-corrected chi connectivity index (χ4v) is 1.36. The lowest BCUT2D eigenvalue weighted by atomic mass is 9.93. The van der Waals surface area contributed by atoms with Gasteiger partial charge in [0.15, 0.2) is 0 Å². The highest BCUT2D eigenvalue weighted by molar-refractivity contribution is 5.79. The number of ether oxygens (including phenoxy) is 2. The van der Waals surface area contributed by atoms with Gasteiger partial charge in [0, 0.05) is 13.2 Å². The zero-order valence-corrected chi connectivity index (χ0v) is 11.8.